The second kappa shape index (κ2) is 7.21. The van der Waals surface area contributed by atoms with E-state index in [-0.39, 0.29) is 6.09 Å². The minimum absolute atomic E-state index is 0.224. The first-order chi connectivity index (χ1) is 10.8. The van der Waals surface area contributed by atoms with E-state index in [0.717, 1.165) is 12.2 Å². The number of likely N-dealkylation sites (tertiary alicyclic amines) is 1. The van der Waals surface area contributed by atoms with Crippen molar-refractivity contribution in [1.29, 1.82) is 0 Å². The molecule has 0 aromatic heterocycles. The highest BCUT2D eigenvalue weighted by Crippen LogP contribution is 2.17. The number of rotatable bonds is 5. The molecule has 2 rings (SSSR count). The van der Waals surface area contributed by atoms with Crippen molar-refractivity contribution >= 4 is 6.09 Å². The van der Waals surface area contributed by atoms with Gasteiger partial charge in [0, 0.05) is 25.2 Å². The smallest absolute Gasteiger partial charge is 0.410 e. The first-order valence-electron chi connectivity index (χ1n) is 8.14. The molecular weight excluding hydrogens is 292 g/mol. The largest absolute Gasteiger partial charge is 0.497 e. The molecule has 5 heteroatoms. The summed E-state index contributed by atoms with van der Waals surface area (Å²) < 4.78 is 10.5. The molecule has 128 valence electrons. The Morgan fingerprint density at radius 3 is 2.43 bits per heavy atom. The SMILES string of the molecule is COc1ccc(CC(C)NC2CN(C(=O)OC(C)(C)C)C2)cc1. The van der Waals surface area contributed by atoms with Crippen LogP contribution in [0.3, 0.4) is 0 Å². The van der Waals surface area contributed by atoms with Crippen molar-refractivity contribution in [3.05, 3.63) is 29.8 Å². The zero-order valence-electron chi connectivity index (χ0n) is 14.8. The number of amides is 1. The molecule has 1 saturated heterocycles. The Labute approximate surface area is 139 Å². The van der Waals surface area contributed by atoms with Gasteiger partial charge in [0.15, 0.2) is 0 Å². The summed E-state index contributed by atoms with van der Waals surface area (Å²) in [7, 11) is 1.67. The van der Waals surface area contributed by atoms with E-state index in [9.17, 15) is 4.79 Å². The zero-order chi connectivity index (χ0) is 17.0. The number of hydrogen-bond acceptors (Lipinski definition) is 4. The van der Waals surface area contributed by atoms with E-state index in [1.54, 1.807) is 12.0 Å². The second-order valence-electron chi connectivity index (χ2n) is 7.20. The maximum atomic E-state index is 11.9. The van der Waals surface area contributed by atoms with E-state index >= 15 is 0 Å². The first-order valence-corrected chi connectivity index (χ1v) is 8.14. The molecule has 1 aromatic carbocycles. The van der Waals surface area contributed by atoms with Crippen LogP contribution in [0.1, 0.15) is 33.3 Å². The molecule has 0 spiro atoms. The Kier molecular flexibility index (Phi) is 5.52. The molecular formula is C18H28N2O3. The number of nitrogens with one attached hydrogen (secondary N) is 1. The van der Waals surface area contributed by atoms with Gasteiger partial charge in [-0.3, -0.25) is 0 Å². The van der Waals surface area contributed by atoms with Crippen molar-refractivity contribution in [3.63, 3.8) is 0 Å². The van der Waals surface area contributed by atoms with E-state index in [1.165, 1.54) is 5.56 Å². The minimum atomic E-state index is -0.433. The lowest BCUT2D eigenvalue weighted by molar-refractivity contribution is 0.00436. The maximum Gasteiger partial charge on any atom is 0.410 e. The summed E-state index contributed by atoms with van der Waals surface area (Å²) in [5, 5.41) is 3.56. The summed E-state index contributed by atoms with van der Waals surface area (Å²) in [6.07, 6.45) is 0.728. The molecule has 0 aliphatic carbocycles. The Hall–Kier alpha value is -1.75. The van der Waals surface area contributed by atoms with Gasteiger partial charge in [-0.2, -0.15) is 0 Å². The van der Waals surface area contributed by atoms with Crippen LogP contribution in [0.5, 0.6) is 5.75 Å². The lowest BCUT2D eigenvalue weighted by atomic mass is 10.0. The summed E-state index contributed by atoms with van der Waals surface area (Å²) >= 11 is 0. The normalized spacial score (nSPS) is 16.7. The van der Waals surface area contributed by atoms with Gasteiger partial charge in [0.25, 0.3) is 0 Å². The van der Waals surface area contributed by atoms with Gasteiger partial charge in [0.05, 0.1) is 7.11 Å². The number of benzene rings is 1. The van der Waals surface area contributed by atoms with E-state index in [2.05, 4.69) is 24.4 Å². The van der Waals surface area contributed by atoms with Crippen LogP contribution in [0.2, 0.25) is 0 Å². The van der Waals surface area contributed by atoms with Gasteiger partial charge in [-0.1, -0.05) is 12.1 Å². The fourth-order valence-electron chi connectivity index (χ4n) is 2.64. The van der Waals surface area contributed by atoms with Crippen LogP contribution in [0.25, 0.3) is 0 Å². The summed E-state index contributed by atoms with van der Waals surface area (Å²) in [5.41, 5.74) is 0.839. The van der Waals surface area contributed by atoms with Crippen molar-refractivity contribution in [3.8, 4) is 5.75 Å². The third-order valence-corrected chi connectivity index (χ3v) is 3.75. The summed E-state index contributed by atoms with van der Waals surface area (Å²) in [6, 6.07) is 8.84. The summed E-state index contributed by atoms with van der Waals surface area (Å²) in [4.78, 5) is 13.6. The van der Waals surface area contributed by atoms with E-state index in [1.807, 2.05) is 32.9 Å². The van der Waals surface area contributed by atoms with Crippen LogP contribution in [-0.2, 0) is 11.2 Å². The highest BCUT2D eigenvalue weighted by Gasteiger charge is 2.34. The van der Waals surface area contributed by atoms with Crippen molar-refractivity contribution in [1.82, 2.24) is 10.2 Å². The number of nitrogens with zero attached hydrogens (tertiary/aromatic N) is 1. The monoisotopic (exact) mass is 320 g/mol. The van der Waals surface area contributed by atoms with Crippen molar-refractivity contribution < 1.29 is 14.3 Å². The summed E-state index contributed by atoms with van der Waals surface area (Å²) in [6.45, 7) is 9.25. The van der Waals surface area contributed by atoms with Crippen LogP contribution in [0.4, 0.5) is 4.79 Å². The van der Waals surface area contributed by atoms with Crippen molar-refractivity contribution in [2.75, 3.05) is 20.2 Å². The predicted molar refractivity (Wildman–Crippen MR) is 90.9 cm³/mol. The molecule has 0 bridgehead atoms. The zero-order valence-corrected chi connectivity index (χ0v) is 14.8. The molecule has 1 unspecified atom stereocenters. The third kappa shape index (κ3) is 5.43. The average molecular weight is 320 g/mol. The van der Waals surface area contributed by atoms with Gasteiger partial charge < -0.3 is 19.7 Å². The van der Waals surface area contributed by atoms with E-state index in [0.29, 0.717) is 25.2 Å². The number of hydrogen-bond donors (Lipinski definition) is 1. The topological polar surface area (TPSA) is 50.8 Å². The lowest BCUT2D eigenvalue weighted by Crippen LogP contribution is -2.62. The first kappa shape index (κ1) is 17.6. The molecule has 1 N–H and O–H groups in total. The Bertz CT molecular complexity index is 516. The van der Waals surface area contributed by atoms with Crippen LogP contribution in [0, 0.1) is 0 Å². The second-order valence-corrected chi connectivity index (χ2v) is 7.20. The fourth-order valence-corrected chi connectivity index (χ4v) is 2.64. The molecule has 5 nitrogen and oxygen atoms in total. The average Bonchev–Trinajstić information content (AvgIpc) is 2.41. The lowest BCUT2D eigenvalue weighted by Gasteiger charge is -2.41. The molecule has 1 aliphatic heterocycles. The molecule has 1 amide bonds. The van der Waals surface area contributed by atoms with Gasteiger partial charge in [0.2, 0.25) is 0 Å². The molecule has 1 aliphatic rings. The number of carbonyl (C=O) groups is 1. The number of ether oxygens (including phenoxy) is 2. The van der Waals surface area contributed by atoms with Gasteiger partial charge in [-0.15, -0.1) is 0 Å². The van der Waals surface area contributed by atoms with E-state index < -0.39 is 5.60 Å². The number of carbonyl (C=O) groups excluding carboxylic acids is 1. The quantitative estimate of drug-likeness (QED) is 0.906. The molecule has 1 aromatic rings. The van der Waals surface area contributed by atoms with E-state index in [4.69, 9.17) is 9.47 Å². The number of methoxy groups -OCH3 is 1. The molecule has 0 radical (unpaired) electrons. The predicted octanol–water partition coefficient (Wildman–Crippen LogP) is 2.84. The van der Waals surface area contributed by atoms with Crippen LogP contribution < -0.4 is 10.1 Å². The maximum absolute atomic E-state index is 11.9. The summed E-state index contributed by atoms with van der Waals surface area (Å²) in [5.74, 6) is 0.876. The van der Waals surface area contributed by atoms with Crippen molar-refractivity contribution in [2.45, 2.75) is 51.8 Å². The molecule has 23 heavy (non-hydrogen) atoms. The van der Waals surface area contributed by atoms with Crippen LogP contribution in [0.15, 0.2) is 24.3 Å². The molecule has 1 fully saturated rings. The van der Waals surface area contributed by atoms with Gasteiger partial charge >= 0.3 is 6.09 Å². The van der Waals surface area contributed by atoms with Gasteiger partial charge in [-0.25, -0.2) is 4.79 Å². The Morgan fingerprint density at radius 1 is 1.30 bits per heavy atom. The Balaban J connectivity index is 1.71. The third-order valence-electron chi connectivity index (χ3n) is 3.75. The molecule has 1 atom stereocenters. The van der Waals surface area contributed by atoms with Crippen LogP contribution in [-0.4, -0.2) is 48.9 Å². The fraction of sp³-hybridized carbons (Fsp3) is 0.611. The van der Waals surface area contributed by atoms with Gasteiger partial charge in [0.1, 0.15) is 11.4 Å². The van der Waals surface area contributed by atoms with Crippen molar-refractivity contribution in [2.24, 2.45) is 0 Å². The highest BCUT2D eigenvalue weighted by molar-refractivity contribution is 5.69. The van der Waals surface area contributed by atoms with Gasteiger partial charge in [-0.05, 0) is 51.8 Å². The molecule has 0 saturated carbocycles. The molecule has 1 heterocycles. The van der Waals surface area contributed by atoms with Crippen LogP contribution >= 0.6 is 0 Å². The highest BCUT2D eigenvalue weighted by atomic mass is 16.6. The standard InChI is InChI=1S/C18H28N2O3/c1-13(10-14-6-8-16(22-5)9-7-14)19-15-11-20(12-15)17(21)23-18(2,3)4/h6-9,13,15,19H,10-12H2,1-5H3. The Morgan fingerprint density at radius 2 is 1.91 bits per heavy atom. The minimum Gasteiger partial charge on any atom is -0.497 e.